The minimum absolute atomic E-state index is 0.0830. The smallest absolute Gasteiger partial charge is 0.222 e. The first-order valence-electron chi connectivity index (χ1n) is 8.77. The molecule has 0 bridgehead atoms. The molecule has 0 spiro atoms. The van der Waals surface area contributed by atoms with Crippen molar-refractivity contribution >= 4 is 5.91 Å². The molecular formula is C21H25NO2. The highest BCUT2D eigenvalue weighted by Crippen LogP contribution is 2.30. The summed E-state index contributed by atoms with van der Waals surface area (Å²) in [5.74, 6) is 0.508. The fourth-order valence-corrected chi connectivity index (χ4v) is 3.41. The van der Waals surface area contributed by atoms with Crippen molar-refractivity contribution in [2.24, 2.45) is 0 Å². The average Bonchev–Trinajstić information content (AvgIpc) is 2.67. The molecule has 2 aromatic carbocycles. The van der Waals surface area contributed by atoms with Gasteiger partial charge in [0.15, 0.2) is 0 Å². The Morgan fingerprint density at radius 1 is 1.08 bits per heavy atom. The minimum Gasteiger partial charge on any atom is -0.375 e. The Morgan fingerprint density at radius 2 is 1.67 bits per heavy atom. The molecule has 24 heavy (non-hydrogen) atoms. The van der Waals surface area contributed by atoms with Gasteiger partial charge in [-0.25, -0.2) is 0 Å². The molecule has 1 atom stereocenters. The summed E-state index contributed by atoms with van der Waals surface area (Å²) in [6.07, 6.45) is 1.54. The molecule has 1 saturated heterocycles. The van der Waals surface area contributed by atoms with Gasteiger partial charge in [-0.15, -0.1) is 0 Å². The quantitative estimate of drug-likeness (QED) is 0.836. The van der Waals surface area contributed by atoms with Gasteiger partial charge in [0.2, 0.25) is 5.91 Å². The number of hydrogen-bond acceptors (Lipinski definition) is 2. The molecule has 0 aliphatic carbocycles. The van der Waals surface area contributed by atoms with Gasteiger partial charge in [0, 0.05) is 25.4 Å². The minimum atomic E-state index is 0.0830. The Labute approximate surface area is 144 Å². The van der Waals surface area contributed by atoms with E-state index in [1.54, 1.807) is 0 Å². The van der Waals surface area contributed by atoms with Crippen LogP contribution < -0.4 is 0 Å². The SMILES string of the molecule is CCC(=O)N1CCOC(CC(c2ccccc2)c2ccccc2)C1. The summed E-state index contributed by atoms with van der Waals surface area (Å²) < 4.78 is 5.98. The molecule has 1 aliphatic heterocycles. The summed E-state index contributed by atoms with van der Waals surface area (Å²) in [6.45, 7) is 3.96. The van der Waals surface area contributed by atoms with Gasteiger partial charge in [-0.2, -0.15) is 0 Å². The van der Waals surface area contributed by atoms with Gasteiger partial charge < -0.3 is 9.64 Å². The van der Waals surface area contributed by atoms with Gasteiger partial charge in [-0.3, -0.25) is 4.79 Å². The van der Waals surface area contributed by atoms with E-state index < -0.39 is 0 Å². The second kappa shape index (κ2) is 8.11. The van der Waals surface area contributed by atoms with Crippen LogP contribution in [0.3, 0.4) is 0 Å². The molecule has 1 aliphatic rings. The lowest BCUT2D eigenvalue weighted by Crippen LogP contribution is -2.45. The molecule has 3 nitrogen and oxygen atoms in total. The molecule has 2 aromatic rings. The maximum Gasteiger partial charge on any atom is 0.222 e. The summed E-state index contributed by atoms with van der Waals surface area (Å²) in [5.41, 5.74) is 2.59. The first-order chi connectivity index (χ1) is 11.8. The summed E-state index contributed by atoms with van der Waals surface area (Å²) in [5, 5.41) is 0. The normalized spacial score (nSPS) is 17.9. The first kappa shape index (κ1) is 16.7. The zero-order chi connectivity index (χ0) is 16.8. The lowest BCUT2D eigenvalue weighted by Gasteiger charge is -2.35. The van der Waals surface area contributed by atoms with E-state index in [9.17, 15) is 4.79 Å². The molecule has 0 aromatic heterocycles. The second-order valence-electron chi connectivity index (χ2n) is 6.30. The summed E-state index contributed by atoms with van der Waals surface area (Å²) in [4.78, 5) is 14.0. The molecule has 0 N–H and O–H groups in total. The number of benzene rings is 2. The summed E-state index contributed by atoms with van der Waals surface area (Å²) >= 11 is 0. The van der Waals surface area contributed by atoms with E-state index >= 15 is 0 Å². The van der Waals surface area contributed by atoms with E-state index in [4.69, 9.17) is 4.74 Å². The number of morpholine rings is 1. The van der Waals surface area contributed by atoms with Crippen molar-refractivity contribution in [3.05, 3.63) is 71.8 Å². The molecule has 3 rings (SSSR count). The molecule has 1 amide bonds. The number of carbonyl (C=O) groups is 1. The van der Waals surface area contributed by atoms with Crippen LogP contribution in [0.4, 0.5) is 0 Å². The van der Waals surface area contributed by atoms with Gasteiger partial charge in [0.1, 0.15) is 0 Å². The molecule has 126 valence electrons. The third-order valence-corrected chi connectivity index (χ3v) is 4.70. The van der Waals surface area contributed by atoms with E-state index in [1.807, 2.05) is 24.0 Å². The molecule has 1 unspecified atom stereocenters. The van der Waals surface area contributed by atoms with Gasteiger partial charge in [0.25, 0.3) is 0 Å². The van der Waals surface area contributed by atoms with Crippen molar-refractivity contribution in [1.82, 2.24) is 4.90 Å². The van der Waals surface area contributed by atoms with Crippen molar-refractivity contribution in [2.45, 2.75) is 31.8 Å². The summed E-state index contributed by atoms with van der Waals surface area (Å²) in [6, 6.07) is 21.1. The van der Waals surface area contributed by atoms with Crippen LogP contribution in [0.2, 0.25) is 0 Å². The van der Waals surface area contributed by atoms with Gasteiger partial charge >= 0.3 is 0 Å². The molecule has 1 heterocycles. The molecule has 0 radical (unpaired) electrons. The van der Waals surface area contributed by atoms with Crippen LogP contribution in [0.1, 0.15) is 36.8 Å². The predicted molar refractivity (Wildman–Crippen MR) is 96.0 cm³/mol. The van der Waals surface area contributed by atoms with Crippen molar-refractivity contribution < 1.29 is 9.53 Å². The highest BCUT2D eigenvalue weighted by molar-refractivity contribution is 5.75. The van der Waals surface area contributed by atoms with Gasteiger partial charge in [0.05, 0.1) is 12.7 Å². The summed E-state index contributed by atoms with van der Waals surface area (Å²) in [7, 11) is 0. The van der Waals surface area contributed by atoms with E-state index in [0.717, 1.165) is 6.42 Å². The number of rotatable bonds is 5. The third-order valence-electron chi connectivity index (χ3n) is 4.70. The van der Waals surface area contributed by atoms with Gasteiger partial charge in [-0.1, -0.05) is 67.6 Å². The van der Waals surface area contributed by atoms with Crippen LogP contribution in [0.25, 0.3) is 0 Å². The highest BCUT2D eigenvalue weighted by Gasteiger charge is 2.27. The monoisotopic (exact) mass is 323 g/mol. The molecule has 0 saturated carbocycles. The predicted octanol–water partition coefficient (Wildman–Crippen LogP) is 3.85. The van der Waals surface area contributed by atoms with E-state index in [0.29, 0.717) is 26.1 Å². The second-order valence-corrected chi connectivity index (χ2v) is 6.30. The number of amides is 1. The lowest BCUT2D eigenvalue weighted by molar-refractivity contribution is -0.138. The Bertz CT molecular complexity index is 602. The van der Waals surface area contributed by atoms with Crippen LogP contribution in [-0.4, -0.2) is 36.6 Å². The fraction of sp³-hybridized carbons (Fsp3) is 0.381. The van der Waals surface area contributed by atoms with Gasteiger partial charge in [-0.05, 0) is 17.5 Å². The zero-order valence-corrected chi connectivity index (χ0v) is 14.2. The van der Waals surface area contributed by atoms with Crippen LogP contribution in [0, 0.1) is 0 Å². The molecule has 3 heteroatoms. The fourth-order valence-electron chi connectivity index (χ4n) is 3.41. The third kappa shape index (κ3) is 4.04. The van der Waals surface area contributed by atoms with Crippen LogP contribution >= 0.6 is 0 Å². The topological polar surface area (TPSA) is 29.5 Å². The van der Waals surface area contributed by atoms with Crippen molar-refractivity contribution in [3.63, 3.8) is 0 Å². The Balaban J connectivity index is 1.78. The maximum absolute atomic E-state index is 12.0. The number of nitrogens with zero attached hydrogens (tertiary/aromatic N) is 1. The highest BCUT2D eigenvalue weighted by atomic mass is 16.5. The van der Waals surface area contributed by atoms with Crippen LogP contribution in [-0.2, 0) is 9.53 Å². The number of ether oxygens (including phenoxy) is 1. The Hall–Kier alpha value is -2.13. The maximum atomic E-state index is 12.0. The average molecular weight is 323 g/mol. The van der Waals surface area contributed by atoms with Crippen molar-refractivity contribution in [3.8, 4) is 0 Å². The zero-order valence-electron chi connectivity index (χ0n) is 14.2. The Morgan fingerprint density at radius 3 is 2.21 bits per heavy atom. The van der Waals surface area contributed by atoms with Crippen LogP contribution in [0.15, 0.2) is 60.7 Å². The Kier molecular flexibility index (Phi) is 5.65. The standard InChI is InChI=1S/C21H25NO2/c1-2-21(23)22-13-14-24-19(16-22)15-20(17-9-5-3-6-10-17)18-11-7-4-8-12-18/h3-12,19-20H,2,13-16H2,1H3. The van der Waals surface area contributed by atoms with E-state index in [-0.39, 0.29) is 17.9 Å². The van der Waals surface area contributed by atoms with Crippen molar-refractivity contribution in [2.75, 3.05) is 19.7 Å². The largest absolute Gasteiger partial charge is 0.375 e. The number of carbonyl (C=O) groups excluding carboxylic acids is 1. The van der Waals surface area contributed by atoms with E-state index in [2.05, 4.69) is 48.5 Å². The van der Waals surface area contributed by atoms with E-state index in [1.165, 1.54) is 11.1 Å². The molecule has 1 fully saturated rings. The van der Waals surface area contributed by atoms with Crippen molar-refractivity contribution in [1.29, 1.82) is 0 Å². The van der Waals surface area contributed by atoms with Crippen LogP contribution in [0.5, 0.6) is 0 Å². The lowest BCUT2D eigenvalue weighted by atomic mass is 9.86. The number of hydrogen-bond donors (Lipinski definition) is 0. The molecular weight excluding hydrogens is 298 g/mol. The first-order valence-corrected chi connectivity index (χ1v) is 8.77.